The Morgan fingerprint density at radius 1 is 0.878 bits per heavy atom. The molecule has 0 bridgehead atoms. The van der Waals surface area contributed by atoms with Crippen LogP contribution in [0.25, 0.3) is 16.9 Å². The van der Waals surface area contributed by atoms with Crippen LogP contribution in [-0.2, 0) is 4.79 Å². The van der Waals surface area contributed by atoms with Gasteiger partial charge >= 0.3 is 0 Å². The van der Waals surface area contributed by atoms with Crippen LogP contribution in [0.1, 0.15) is 50.0 Å². The van der Waals surface area contributed by atoms with Gasteiger partial charge in [0, 0.05) is 17.5 Å². The molecule has 7 atom stereocenters. The van der Waals surface area contributed by atoms with Crippen LogP contribution < -0.4 is 9.47 Å². The molecule has 2 aliphatic heterocycles. The average molecular weight is 567 g/mol. The first-order valence-corrected chi connectivity index (χ1v) is 13.2. The first-order chi connectivity index (χ1) is 19.1. The summed E-state index contributed by atoms with van der Waals surface area (Å²) in [5.74, 6) is -4.03. The van der Waals surface area contributed by atoms with E-state index in [1.807, 2.05) is 0 Å². The van der Waals surface area contributed by atoms with E-state index in [2.05, 4.69) is 0 Å². The summed E-state index contributed by atoms with van der Waals surface area (Å²) in [6, 6.07) is 5.39. The van der Waals surface area contributed by atoms with Gasteiger partial charge in [0.1, 0.15) is 58.2 Å². The van der Waals surface area contributed by atoms with Crippen molar-refractivity contribution < 1.29 is 54.8 Å². The first-order valence-electron chi connectivity index (χ1n) is 13.2. The second-order valence-corrected chi connectivity index (χ2v) is 11.7. The third kappa shape index (κ3) is 3.17. The van der Waals surface area contributed by atoms with Crippen molar-refractivity contribution in [2.24, 2.45) is 5.92 Å². The predicted molar refractivity (Wildman–Crippen MR) is 143 cm³/mol. The molecule has 1 fully saturated rings. The smallest absolute Gasteiger partial charge is 0.209 e. The van der Waals surface area contributed by atoms with Crippen LogP contribution in [-0.4, -0.2) is 82.4 Å². The normalized spacial score (nSPS) is 35.9. The van der Waals surface area contributed by atoms with Gasteiger partial charge in [0.15, 0.2) is 22.6 Å². The number of aliphatic hydroxyl groups is 5. The van der Waals surface area contributed by atoms with Gasteiger partial charge in [-0.15, -0.1) is 0 Å². The van der Waals surface area contributed by atoms with Crippen molar-refractivity contribution in [3.63, 3.8) is 0 Å². The predicted octanol–water partition coefficient (Wildman–Crippen LogP) is 1.90. The maximum atomic E-state index is 13.7. The van der Waals surface area contributed by atoms with E-state index < -0.39 is 75.4 Å². The molecular formula is C30H30O11. The zero-order valence-corrected chi connectivity index (χ0v) is 22.7. The topological polar surface area (TPSA) is 194 Å². The van der Waals surface area contributed by atoms with Gasteiger partial charge in [0.05, 0.1) is 5.57 Å². The molecule has 0 unspecified atom stereocenters. The lowest BCUT2D eigenvalue weighted by molar-refractivity contribution is -0.189. The number of carbonyl (C=O) groups is 2. The quantitative estimate of drug-likeness (QED) is 0.249. The zero-order chi connectivity index (χ0) is 30.0. The van der Waals surface area contributed by atoms with Crippen molar-refractivity contribution in [2.45, 2.75) is 69.2 Å². The monoisotopic (exact) mass is 566 g/mol. The van der Waals surface area contributed by atoms with Gasteiger partial charge in [0.2, 0.25) is 5.78 Å². The second kappa shape index (κ2) is 8.32. The molecular weight excluding hydrogens is 536 g/mol. The summed E-state index contributed by atoms with van der Waals surface area (Å²) in [5, 5.41) is 77.6. The molecule has 0 spiro atoms. The minimum atomic E-state index is -2.66. The van der Waals surface area contributed by atoms with Crippen LogP contribution >= 0.6 is 0 Å². The highest BCUT2D eigenvalue weighted by atomic mass is 16.5. The van der Waals surface area contributed by atoms with E-state index in [1.165, 1.54) is 45.0 Å². The molecule has 2 aromatic rings. The summed E-state index contributed by atoms with van der Waals surface area (Å²) >= 11 is 0. The van der Waals surface area contributed by atoms with Crippen LogP contribution in [0.15, 0.2) is 41.5 Å². The molecule has 0 radical (unpaired) electrons. The lowest BCUT2D eigenvalue weighted by Gasteiger charge is -2.53. The van der Waals surface area contributed by atoms with Crippen molar-refractivity contribution in [1.29, 1.82) is 0 Å². The Morgan fingerprint density at radius 3 is 2.05 bits per heavy atom. The highest BCUT2D eigenvalue weighted by Gasteiger charge is 2.68. The van der Waals surface area contributed by atoms with Crippen molar-refractivity contribution in [3.8, 4) is 34.1 Å². The number of Topliss-reactive ketones (excluding diaryl/α,β-unsaturated/α-hetero) is 2. The number of ketones is 2. The number of carbonyl (C=O) groups excluding carboxylic acids is 2. The summed E-state index contributed by atoms with van der Waals surface area (Å²) in [6.45, 7) is 5.97. The second-order valence-electron chi connectivity index (χ2n) is 11.7. The fourth-order valence-corrected chi connectivity index (χ4v) is 6.81. The molecule has 0 saturated heterocycles. The number of rotatable bonds is 1. The summed E-state index contributed by atoms with van der Waals surface area (Å²) in [5.41, 5.74) is -6.97. The highest BCUT2D eigenvalue weighted by Crippen LogP contribution is 2.55. The first kappa shape index (κ1) is 27.3. The molecule has 6 rings (SSSR count). The van der Waals surface area contributed by atoms with Crippen molar-refractivity contribution in [2.75, 3.05) is 0 Å². The van der Waals surface area contributed by atoms with E-state index in [0.717, 1.165) is 6.08 Å². The van der Waals surface area contributed by atoms with Crippen LogP contribution in [0.3, 0.4) is 0 Å². The number of phenols is 2. The molecule has 0 aromatic heterocycles. The number of ether oxygens (including phenoxy) is 2. The minimum Gasteiger partial charge on any atom is -0.506 e. The number of phenolic OH excluding ortho intramolecular Hbond substituents is 2. The molecule has 7 N–H and O–H groups in total. The lowest BCUT2D eigenvalue weighted by atomic mass is 9.65. The summed E-state index contributed by atoms with van der Waals surface area (Å²) < 4.78 is 11.9. The van der Waals surface area contributed by atoms with Crippen LogP contribution in [0.2, 0.25) is 0 Å². The number of benzene rings is 2. The number of hydrogen-bond donors (Lipinski definition) is 7. The van der Waals surface area contributed by atoms with Crippen molar-refractivity contribution >= 4 is 17.3 Å². The minimum absolute atomic E-state index is 0.0145. The Balaban J connectivity index is 1.51. The maximum Gasteiger partial charge on any atom is 0.209 e. The molecule has 0 amide bonds. The maximum absolute atomic E-state index is 13.7. The van der Waals surface area contributed by atoms with Gasteiger partial charge in [0.25, 0.3) is 0 Å². The number of hydrogen-bond acceptors (Lipinski definition) is 11. The van der Waals surface area contributed by atoms with Gasteiger partial charge in [-0.1, -0.05) is 13.0 Å². The fourth-order valence-electron chi connectivity index (χ4n) is 6.81. The molecule has 216 valence electrons. The van der Waals surface area contributed by atoms with Crippen LogP contribution in [0.5, 0.6) is 23.0 Å². The Hall–Kier alpha value is -3.90. The molecule has 2 aliphatic carbocycles. The summed E-state index contributed by atoms with van der Waals surface area (Å²) in [4.78, 5) is 26.6. The van der Waals surface area contributed by atoms with E-state index in [1.54, 1.807) is 6.92 Å². The Labute approximate surface area is 234 Å². The summed E-state index contributed by atoms with van der Waals surface area (Å²) in [7, 11) is 0. The lowest BCUT2D eigenvalue weighted by Crippen LogP contribution is -2.74. The molecule has 11 heteroatoms. The van der Waals surface area contributed by atoms with Gasteiger partial charge in [-0.2, -0.15) is 0 Å². The largest absolute Gasteiger partial charge is 0.506 e. The fraction of sp³-hybridized carbons (Fsp3) is 0.400. The third-order valence-electron chi connectivity index (χ3n) is 9.21. The standard InChI is InChI=1S/C30H30O11/c1-11-9-15(31)21-24(35)19-16(40-28(21,3)25(11)36)7-5-13(22(19)33)14-6-8-17-20(23(14)34)27(38)30(39)18(32)10-12(2)26(37)29(30,4)41-17/h5-8,10-11,18,25-26,32-37,39H,9H2,1-4H3/t11-,18+,25+,26+,28+,29+,30+/m1/s1. The van der Waals surface area contributed by atoms with E-state index in [4.69, 9.17) is 9.47 Å². The number of fused-ring (bicyclic) bond motifs is 4. The Bertz CT molecular complexity index is 1620. The van der Waals surface area contributed by atoms with E-state index in [-0.39, 0.29) is 45.8 Å². The van der Waals surface area contributed by atoms with Crippen LogP contribution in [0, 0.1) is 5.92 Å². The molecule has 2 heterocycles. The molecule has 1 saturated carbocycles. The van der Waals surface area contributed by atoms with Crippen molar-refractivity contribution in [3.05, 3.63) is 52.6 Å². The molecule has 41 heavy (non-hydrogen) atoms. The Kier molecular flexibility index (Phi) is 5.54. The average Bonchev–Trinajstić information content (AvgIpc) is 2.89. The Morgan fingerprint density at radius 2 is 1.44 bits per heavy atom. The van der Waals surface area contributed by atoms with Crippen LogP contribution in [0.4, 0.5) is 0 Å². The summed E-state index contributed by atoms with van der Waals surface area (Å²) in [6.07, 6.45) is -3.24. The SMILES string of the molecule is CC1=C[C@H](O)[C@]2(O)C(=O)c3c(ccc(-c4ccc5c(c4O)C(O)=C4C(=O)C[C@@H](C)[C@H](O)[C@@]4(C)O5)c3O)O[C@@]2(C)[C@H]1O. The number of aliphatic hydroxyl groups excluding tert-OH is 4. The molecule has 4 aliphatic rings. The zero-order valence-electron chi connectivity index (χ0n) is 22.7. The van der Waals surface area contributed by atoms with Gasteiger partial charge in [-0.3, -0.25) is 9.59 Å². The molecule has 2 aromatic carbocycles. The third-order valence-corrected chi connectivity index (χ3v) is 9.21. The van der Waals surface area contributed by atoms with Gasteiger partial charge in [-0.05, 0) is 56.5 Å². The van der Waals surface area contributed by atoms with E-state index >= 15 is 0 Å². The van der Waals surface area contributed by atoms with Gasteiger partial charge < -0.3 is 45.2 Å². The van der Waals surface area contributed by atoms with Gasteiger partial charge in [-0.25, -0.2) is 0 Å². The number of aromatic hydroxyl groups is 2. The molecule has 11 nitrogen and oxygen atoms in total. The van der Waals surface area contributed by atoms with E-state index in [9.17, 15) is 45.3 Å². The van der Waals surface area contributed by atoms with Crippen molar-refractivity contribution in [1.82, 2.24) is 0 Å². The highest BCUT2D eigenvalue weighted by molar-refractivity contribution is 6.11. The van der Waals surface area contributed by atoms with E-state index in [0.29, 0.717) is 0 Å².